The predicted octanol–water partition coefficient (Wildman–Crippen LogP) is 4.07. The van der Waals surface area contributed by atoms with E-state index in [1.807, 2.05) is 6.92 Å². The summed E-state index contributed by atoms with van der Waals surface area (Å²) >= 11 is 3.51. The van der Waals surface area contributed by atoms with E-state index >= 15 is 0 Å². The largest absolute Gasteiger partial charge is 0.336 e. The van der Waals surface area contributed by atoms with E-state index in [1.165, 1.54) is 22.3 Å². The molecule has 16 heavy (non-hydrogen) atoms. The van der Waals surface area contributed by atoms with Crippen LogP contribution in [0.5, 0.6) is 0 Å². The number of benzene rings is 1. The summed E-state index contributed by atoms with van der Waals surface area (Å²) in [5, 5.41) is 0. The highest BCUT2D eigenvalue weighted by Gasteiger charge is 2.12. The normalized spacial score (nSPS) is 10.8. The van der Waals surface area contributed by atoms with E-state index in [-0.39, 0.29) is 0 Å². The third-order valence-corrected chi connectivity index (χ3v) is 3.67. The van der Waals surface area contributed by atoms with Crippen LogP contribution in [-0.2, 0) is 0 Å². The Balaban J connectivity index is 2.65. The molecule has 2 aromatic rings. The van der Waals surface area contributed by atoms with Crippen LogP contribution in [0, 0.1) is 27.7 Å². The zero-order chi connectivity index (χ0) is 11.9. The lowest BCUT2D eigenvalue weighted by atomic mass is 9.97. The summed E-state index contributed by atoms with van der Waals surface area (Å²) in [7, 11) is 0. The van der Waals surface area contributed by atoms with E-state index in [0.29, 0.717) is 0 Å². The average Bonchev–Trinajstić information content (AvgIpc) is 2.55. The number of H-pyrrole nitrogens is 1. The van der Waals surface area contributed by atoms with Gasteiger partial charge in [-0.25, -0.2) is 4.98 Å². The first kappa shape index (κ1) is 11.4. The highest BCUT2D eigenvalue weighted by Crippen LogP contribution is 2.30. The minimum absolute atomic E-state index is 0.930. The van der Waals surface area contributed by atoms with Gasteiger partial charge in [0.2, 0.25) is 0 Å². The van der Waals surface area contributed by atoms with Crippen LogP contribution in [-0.4, -0.2) is 9.97 Å². The smallest absolute Gasteiger partial charge is 0.110 e. The number of nitrogens with zero attached hydrogens (tertiary/aromatic N) is 1. The van der Waals surface area contributed by atoms with Crippen LogP contribution in [0.4, 0.5) is 0 Å². The fourth-order valence-electron chi connectivity index (χ4n) is 1.85. The molecule has 1 aromatic heterocycles. The number of rotatable bonds is 1. The van der Waals surface area contributed by atoms with Crippen molar-refractivity contribution >= 4 is 15.9 Å². The van der Waals surface area contributed by atoms with Gasteiger partial charge in [-0.3, -0.25) is 0 Å². The molecule has 0 saturated carbocycles. The fourth-order valence-corrected chi connectivity index (χ4v) is 2.44. The Labute approximate surface area is 104 Å². The summed E-state index contributed by atoms with van der Waals surface area (Å²) < 4.78 is 0.955. The summed E-state index contributed by atoms with van der Waals surface area (Å²) in [5.74, 6) is 0.930. The molecule has 0 atom stereocenters. The molecule has 0 unspecified atom stereocenters. The number of halogens is 1. The third kappa shape index (κ3) is 1.80. The summed E-state index contributed by atoms with van der Waals surface area (Å²) in [5.41, 5.74) is 6.15. The maximum Gasteiger partial charge on any atom is 0.110 e. The van der Waals surface area contributed by atoms with Crippen molar-refractivity contribution in [3.05, 3.63) is 39.3 Å². The van der Waals surface area contributed by atoms with Crippen molar-refractivity contribution in [2.24, 2.45) is 0 Å². The quantitative estimate of drug-likeness (QED) is 0.837. The van der Waals surface area contributed by atoms with Gasteiger partial charge in [-0.2, -0.15) is 0 Å². The van der Waals surface area contributed by atoms with Crippen LogP contribution < -0.4 is 0 Å². The standard InChI is InChI=1S/C13H15BrN2/c1-7-5-6-11(9(3)8(7)2)12-13(14)16-10(4)15-12/h5-6H,1-4H3,(H,15,16). The molecule has 0 radical (unpaired) electrons. The Kier molecular flexibility index (Phi) is 2.89. The van der Waals surface area contributed by atoms with E-state index in [1.54, 1.807) is 0 Å². The lowest BCUT2D eigenvalue weighted by molar-refractivity contribution is 1.14. The van der Waals surface area contributed by atoms with Gasteiger partial charge in [0.05, 0.1) is 0 Å². The molecule has 84 valence electrons. The molecule has 0 saturated heterocycles. The van der Waals surface area contributed by atoms with Gasteiger partial charge in [0.1, 0.15) is 16.1 Å². The predicted molar refractivity (Wildman–Crippen MR) is 70.7 cm³/mol. The van der Waals surface area contributed by atoms with Crippen molar-refractivity contribution in [1.29, 1.82) is 0 Å². The Hall–Kier alpha value is -1.09. The van der Waals surface area contributed by atoms with Gasteiger partial charge in [0.25, 0.3) is 0 Å². The Bertz CT molecular complexity index is 541. The molecule has 0 fully saturated rings. The zero-order valence-corrected chi connectivity index (χ0v) is 11.6. The number of hydrogen-bond acceptors (Lipinski definition) is 1. The number of nitrogens with one attached hydrogen (secondary N) is 1. The molecule has 0 bridgehead atoms. The van der Waals surface area contributed by atoms with Crippen LogP contribution >= 0.6 is 15.9 Å². The van der Waals surface area contributed by atoms with Gasteiger partial charge in [-0.05, 0) is 60.3 Å². The van der Waals surface area contributed by atoms with E-state index < -0.39 is 0 Å². The minimum atomic E-state index is 0.930. The molecule has 2 nitrogen and oxygen atoms in total. The topological polar surface area (TPSA) is 28.7 Å². The molecule has 2 rings (SSSR count). The Morgan fingerprint density at radius 3 is 2.31 bits per heavy atom. The van der Waals surface area contributed by atoms with Gasteiger partial charge >= 0.3 is 0 Å². The molecule has 1 N–H and O–H groups in total. The first-order valence-corrected chi connectivity index (χ1v) is 6.09. The molecule has 0 aliphatic rings. The van der Waals surface area contributed by atoms with Gasteiger partial charge in [0.15, 0.2) is 0 Å². The van der Waals surface area contributed by atoms with E-state index in [2.05, 4.69) is 58.8 Å². The van der Waals surface area contributed by atoms with Crippen molar-refractivity contribution in [2.45, 2.75) is 27.7 Å². The molecule has 0 amide bonds. The molecule has 0 spiro atoms. The molecule has 0 aliphatic carbocycles. The Morgan fingerprint density at radius 1 is 1.06 bits per heavy atom. The molecule has 0 aliphatic heterocycles. The van der Waals surface area contributed by atoms with Crippen molar-refractivity contribution in [1.82, 2.24) is 9.97 Å². The molecule has 1 aromatic carbocycles. The monoisotopic (exact) mass is 278 g/mol. The first-order valence-electron chi connectivity index (χ1n) is 5.30. The fraction of sp³-hybridized carbons (Fsp3) is 0.308. The van der Waals surface area contributed by atoms with E-state index in [4.69, 9.17) is 0 Å². The van der Waals surface area contributed by atoms with Crippen LogP contribution in [0.3, 0.4) is 0 Å². The van der Waals surface area contributed by atoms with Crippen LogP contribution in [0.2, 0.25) is 0 Å². The third-order valence-electron chi connectivity index (χ3n) is 3.09. The van der Waals surface area contributed by atoms with Crippen LogP contribution in [0.25, 0.3) is 11.3 Å². The van der Waals surface area contributed by atoms with Crippen molar-refractivity contribution in [2.75, 3.05) is 0 Å². The second-order valence-electron chi connectivity index (χ2n) is 4.16. The summed E-state index contributed by atoms with van der Waals surface area (Å²) in [4.78, 5) is 7.68. The average molecular weight is 279 g/mol. The second kappa shape index (κ2) is 4.06. The minimum Gasteiger partial charge on any atom is -0.336 e. The van der Waals surface area contributed by atoms with Gasteiger partial charge in [0, 0.05) is 5.56 Å². The second-order valence-corrected chi connectivity index (χ2v) is 4.96. The summed E-state index contributed by atoms with van der Waals surface area (Å²) in [6, 6.07) is 4.28. The molecule has 1 heterocycles. The number of imidazole rings is 1. The highest BCUT2D eigenvalue weighted by molar-refractivity contribution is 9.10. The Morgan fingerprint density at radius 2 is 1.75 bits per heavy atom. The molecular weight excluding hydrogens is 264 g/mol. The maximum atomic E-state index is 4.51. The van der Waals surface area contributed by atoms with Crippen molar-refractivity contribution in [3.8, 4) is 11.3 Å². The summed E-state index contributed by atoms with van der Waals surface area (Å²) in [6.45, 7) is 8.40. The lowest BCUT2D eigenvalue weighted by Crippen LogP contribution is -1.91. The number of aryl methyl sites for hydroxylation is 2. The van der Waals surface area contributed by atoms with Crippen molar-refractivity contribution < 1.29 is 0 Å². The number of hydrogen-bond donors (Lipinski definition) is 1. The first-order chi connectivity index (χ1) is 7.50. The van der Waals surface area contributed by atoms with Crippen LogP contribution in [0.1, 0.15) is 22.5 Å². The SMILES string of the molecule is Cc1nc(-c2ccc(C)c(C)c2C)c(Br)[nH]1. The van der Waals surface area contributed by atoms with E-state index in [9.17, 15) is 0 Å². The lowest BCUT2D eigenvalue weighted by Gasteiger charge is -2.09. The van der Waals surface area contributed by atoms with Gasteiger partial charge in [-0.1, -0.05) is 12.1 Å². The summed E-state index contributed by atoms with van der Waals surface area (Å²) in [6.07, 6.45) is 0. The van der Waals surface area contributed by atoms with Crippen LogP contribution in [0.15, 0.2) is 16.7 Å². The number of aromatic amines is 1. The highest BCUT2D eigenvalue weighted by atomic mass is 79.9. The number of aromatic nitrogens is 2. The van der Waals surface area contributed by atoms with Gasteiger partial charge < -0.3 is 4.98 Å². The maximum absolute atomic E-state index is 4.51. The molecular formula is C13H15BrN2. The zero-order valence-electron chi connectivity index (χ0n) is 9.98. The molecule has 3 heteroatoms. The van der Waals surface area contributed by atoms with Gasteiger partial charge in [-0.15, -0.1) is 0 Å². The van der Waals surface area contributed by atoms with E-state index in [0.717, 1.165) is 16.1 Å². The van der Waals surface area contributed by atoms with Crippen molar-refractivity contribution in [3.63, 3.8) is 0 Å².